The van der Waals surface area contributed by atoms with Gasteiger partial charge in [-0.05, 0) is 54.4 Å². The first-order chi connectivity index (χ1) is 21.0. The van der Waals surface area contributed by atoms with Crippen LogP contribution in [-0.4, -0.2) is 57.7 Å². The van der Waals surface area contributed by atoms with Crippen molar-refractivity contribution in [3.63, 3.8) is 0 Å². The molecule has 230 valence electrons. The smallest absolute Gasteiger partial charge is 0.416 e. The summed E-state index contributed by atoms with van der Waals surface area (Å²) in [5.74, 6) is 0.221. The first kappa shape index (κ1) is 30.6. The molecule has 0 spiro atoms. The lowest BCUT2D eigenvalue weighted by Crippen LogP contribution is -2.46. The molecule has 12 heteroatoms. The highest BCUT2D eigenvalue weighted by Crippen LogP contribution is 2.32. The number of hydrogen-bond acceptors (Lipinski definition) is 8. The molecule has 1 atom stereocenters. The average molecular weight is 608 g/mol. The van der Waals surface area contributed by atoms with Crippen LogP contribution < -0.4 is 20.1 Å². The number of nitrogens with two attached hydrogens (primary N) is 1. The molecule has 5 rings (SSSR count). The van der Waals surface area contributed by atoms with Gasteiger partial charge in [-0.2, -0.15) is 23.1 Å². The van der Waals surface area contributed by atoms with Crippen LogP contribution in [0.2, 0.25) is 0 Å². The molecule has 0 bridgehead atoms. The number of carbonyl (C=O) groups is 1. The van der Waals surface area contributed by atoms with Gasteiger partial charge in [-0.3, -0.25) is 4.90 Å². The monoisotopic (exact) mass is 607 g/mol. The molecule has 0 saturated carbocycles. The van der Waals surface area contributed by atoms with Crippen LogP contribution in [0.1, 0.15) is 23.6 Å². The van der Waals surface area contributed by atoms with Gasteiger partial charge in [0, 0.05) is 45.2 Å². The Morgan fingerprint density at radius 2 is 1.52 bits per heavy atom. The summed E-state index contributed by atoms with van der Waals surface area (Å²) < 4.78 is 50.2. The SMILES string of the molecule is CC(Cc1ccc(Oc2cc(N3CCN(Cc4ccccc4)CC3)nc(N)n2)cc1)(Oc1ccc(C(F)(F)F)cc1)C(=O)O. The van der Waals surface area contributed by atoms with Crippen LogP contribution in [0.3, 0.4) is 0 Å². The first-order valence-electron chi connectivity index (χ1n) is 14.0. The highest BCUT2D eigenvalue weighted by molar-refractivity contribution is 5.78. The highest BCUT2D eigenvalue weighted by atomic mass is 19.4. The third-order valence-electron chi connectivity index (χ3n) is 7.32. The van der Waals surface area contributed by atoms with Gasteiger partial charge in [0.1, 0.15) is 17.3 Å². The van der Waals surface area contributed by atoms with E-state index >= 15 is 0 Å². The van der Waals surface area contributed by atoms with E-state index in [-0.39, 0.29) is 24.0 Å². The van der Waals surface area contributed by atoms with E-state index < -0.39 is 23.3 Å². The third kappa shape index (κ3) is 7.75. The fourth-order valence-electron chi connectivity index (χ4n) is 4.93. The Bertz CT molecular complexity index is 1560. The molecule has 1 fully saturated rings. The number of rotatable bonds is 10. The van der Waals surface area contributed by atoms with Gasteiger partial charge in [-0.1, -0.05) is 42.5 Å². The number of hydrogen-bond donors (Lipinski definition) is 2. The zero-order chi connectivity index (χ0) is 31.3. The molecule has 1 aliphatic heterocycles. The van der Waals surface area contributed by atoms with Crippen LogP contribution in [0.4, 0.5) is 24.9 Å². The van der Waals surface area contributed by atoms with Crippen molar-refractivity contribution in [3.05, 3.63) is 102 Å². The number of nitrogen functional groups attached to an aromatic ring is 1. The number of carboxylic acid groups (broad SMARTS) is 1. The molecule has 3 N–H and O–H groups in total. The number of anilines is 2. The molecule has 3 aromatic carbocycles. The molecular formula is C32H32F3N5O4. The average Bonchev–Trinajstić information content (AvgIpc) is 2.98. The van der Waals surface area contributed by atoms with Gasteiger partial charge in [0.25, 0.3) is 0 Å². The lowest BCUT2D eigenvalue weighted by Gasteiger charge is -2.35. The topological polar surface area (TPSA) is 114 Å². The summed E-state index contributed by atoms with van der Waals surface area (Å²) in [6, 6.07) is 22.7. The molecule has 1 aliphatic rings. The molecule has 9 nitrogen and oxygen atoms in total. The standard InChI is InChI=1S/C32H32F3N5O4/c1-31(29(41)42,44-26-13-9-24(10-14-26)32(33,34)35)20-22-7-11-25(12-8-22)43-28-19-27(37-30(36)38-28)40-17-15-39(16-18-40)21-23-5-3-2-4-6-23/h2-14,19H,15-18,20-21H2,1H3,(H,41,42)(H2,36,37,38). The van der Waals surface area contributed by atoms with Crippen LogP contribution in [-0.2, 0) is 23.9 Å². The van der Waals surface area contributed by atoms with E-state index in [1.807, 2.05) is 18.2 Å². The summed E-state index contributed by atoms with van der Waals surface area (Å²) in [5, 5.41) is 9.87. The minimum atomic E-state index is -4.50. The second kappa shape index (κ2) is 12.8. The van der Waals surface area contributed by atoms with Gasteiger partial charge in [0.15, 0.2) is 0 Å². The van der Waals surface area contributed by atoms with Gasteiger partial charge in [-0.25, -0.2) is 4.79 Å². The molecule has 4 aromatic rings. The van der Waals surface area contributed by atoms with Crippen LogP contribution in [0.25, 0.3) is 0 Å². The molecule has 0 aliphatic carbocycles. The summed E-state index contributed by atoms with van der Waals surface area (Å²) in [5.41, 5.74) is 5.30. The van der Waals surface area contributed by atoms with E-state index in [1.165, 1.54) is 12.5 Å². The number of piperazine rings is 1. The van der Waals surface area contributed by atoms with E-state index in [0.717, 1.165) is 57.0 Å². The van der Waals surface area contributed by atoms with Gasteiger partial charge >= 0.3 is 12.1 Å². The van der Waals surface area contributed by atoms with E-state index in [9.17, 15) is 23.1 Å². The molecule has 1 unspecified atom stereocenters. The zero-order valence-corrected chi connectivity index (χ0v) is 24.0. The van der Waals surface area contributed by atoms with Crippen molar-refractivity contribution < 1.29 is 32.5 Å². The third-order valence-corrected chi connectivity index (χ3v) is 7.32. The Labute approximate surface area is 252 Å². The Kier molecular flexibility index (Phi) is 8.91. The number of halogens is 3. The minimum absolute atomic E-state index is 0.0117. The van der Waals surface area contributed by atoms with Crippen LogP contribution in [0, 0.1) is 0 Å². The number of carboxylic acids is 1. The maximum atomic E-state index is 12.9. The number of ether oxygens (including phenoxy) is 2. The normalized spacial score (nSPS) is 15.4. The van der Waals surface area contributed by atoms with Crippen molar-refractivity contribution in [2.75, 3.05) is 36.8 Å². The number of aliphatic carboxylic acids is 1. The van der Waals surface area contributed by atoms with Crippen LogP contribution >= 0.6 is 0 Å². The lowest BCUT2D eigenvalue weighted by molar-refractivity contribution is -0.153. The van der Waals surface area contributed by atoms with Crippen molar-refractivity contribution in [3.8, 4) is 17.4 Å². The molecule has 1 aromatic heterocycles. The summed E-state index contributed by atoms with van der Waals surface area (Å²) in [6.45, 7) is 5.53. The fourth-order valence-corrected chi connectivity index (χ4v) is 4.93. The fraction of sp³-hybridized carbons (Fsp3) is 0.281. The number of alkyl halides is 3. The van der Waals surface area contributed by atoms with Gasteiger partial charge in [0.05, 0.1) is 5.56 Å². The maximum absolute atomic E-state index is 12.9. The second-order valence-corrected chi connectivity index (χ2v) is 10.8. The van der Waals surface area contributed by atoms with Crippen molar-refractivity contribution >= 4 is 17.7 Å². The first-order valence-corrected chi connectivity index (χ1v) is 14.0. The number of benzene rings is 3. The molecule has 1 saturated heterocycles. The zero-order valence-electron chi connectivity index (χ0n) is 24.0. The summed E-state index contributed by atoms with van der Waals surface area (Å²) >= 11 is 0. The highest BCUT2D eigenvalue weighted by Gasteiger charge is 2.37. The van der Waals surface area contributed by atoms with Gasteiger partial charge < -0.3 is 25.2 Å². The summed E-state index contributed by atoms with van der Waals surface area (Å²) in [7, 11) is 0. The minimum Gasteiger partial charge on any atom is -0.478 e. The Morgan fingerprint density at radius 3 is 2.14 bits per heavy atom. The Morgan fingerprint density at radius 1 is 0.886 bits per heavy atom. The quantitative estimate of drug-likeness (QED) is 0.236. The van der Waals surface area contributed by atoms with Crippen LogP contribution in [0.5, 0.6) is 17.4 Å². The van der Waals surface area contributed by atoms with Crippen molar-refractivity contribution in [2.24, 2.45) is 0 Å². The van der Waals surface area contributed by atoms with Crippen LogP contribution in [0.15, 0.2) is 84.9 Å². The number of nitrogens with zero attached hydrogens (tertiary/aromatic N) is 4. The predicted octanol–water partition coefficient (Wildman–Crippen LogP) is 5.66. The van der Waals surface area contributed by atoms with Crippen molar-refractivity contribution in [1.82, 2.24) is 14.9 Å². The van der Waals surface area contributed by atoms with Gasteiger partial charge in [-0.15, -0.1) is 0 Å². The molecule has 2 heterocycles. The summed E-state index contributed by atoms with van der Waals surface area (Å²) in [4.78, 5) is 25.2. The van der Waals surface area contributed by atoms with E-state index in [2.05, 4.69) is 31.9 Å². The maximum Gasteiger partial charge on any atom is 0.416 e. The molecule has 44 heavy (non-hydrogen) atoms. The summed E-state index contributed by atoms with van der Waals surface area (Å²) in [6.07, 6.45) is -4.56. The molecular weight excluding hydrogens is 575 g/mol. The van der Waals surface area contributed by atoms with Gasteiger partial charge in [0.2, 0.25) is 17.4 Å². The van der Waals surface area contributed by atoms with E-state index in [4.69, 9.17) is 15.2 Å². The lowest BCUT2D eigenvalue weighted by atomic mass is 9.96. The van der Waals surface area contributed by atoms with Crippen molar-refractivity contribution in [2.45, 2.75) is 31.7 Å². The largest absolute Gasteiger partial charge is 0.478 e. The van der Waals surface area contributed by atoms with Crippen molar-refractivity contribution in [1.29, 1.82) is 0 Å². The second-order valence-electron chi connectivity index (χ2n) is 10.8. The number of aromatic nitrogens is 2. The molecule has 0 amide bonds. The Balaban J connectivity index is 1.20. The predicted molar refractivity (Wildman–Crippen MR) is 159 cm³/mol. The van der Waals surface area contributed by atoms with E-state index in [1.54, 1.807) is 30.3 Å². The Hall–Kier alpha value is -4.84. The van der Waals surface area contributed by atoms with E-state index in [0.29, 0.717) is 17.1 Å². The molecule has 0 radical (unpaired) electrons.